The van der Waals surface area contributed by atoms with E-state index in [4.69, 9.17) is 0 Å². The van der Waals surface area contributed by atoms with Crippen LogP contribution in [0.5, 0.6) is 0 Å². The number of aliphatic hydroxyl groups excluding tert-OH is 1. The number of carbonyl (C=O) groups excluding carboxylic acids is 1. The van der Waals surface area contributed by atoms with Crippen LogP contribution in [0.25, 0.3) is 11.0 Å². The van der Waals surface area contributed by atoms with E-state index < -0.39 is 22.4 Å². The third kappa shape index (κ3) is 3.54. The minimum atomic E-state index is -3.69. The highest BCUT2D eigenvalue weighted by Gasteiger charge is 2.57. The summed E-state index contributed by atoms with van der Waals surface area (Å²) in [5, 5.41) is 10.1. The zero-order valence-corrected chi connectivity index (χ0v) is 19.0. The van der Waals surface area contributed by atoms with Gasteiger partial charge in [-0.25, -0.2) is 9.97 Å². The zero-order chi connectivity index (χ0) is 22.5. The first-order chi connectivity index (χ1) is 15.4. The predicted octanol–water partition coefficient (Wildman–Crippen LogP) is -0.228. The molecule has 1 aliphatic carbocycles. The van der Waals surface area contributed by atoms with Crippen LogP contribution in [0.3, 0.4) is 0 Å². The minimum absolute atomic E-state index is 0.200. The molecule has 0 unspecified atom stereocenters. The van der Waals surface area contributed by atoms with Gasteiger partial charge in [0.1, 0.15) is 24.4 Å². The van der Waals surface area contributed by atoms with Crippen molar-refractivity contribution in [3.63, 3.8) is 0 Å². The Morgan fingerprint density at radius 2 is 2.12 bits per heavy atom. The monoisotopic (exact) mass is 463 g/mol. The van der Waals surface area contributed by atoms with Gasteiger partial charge in [0.15, 0.2) is 0 Å². The average molecular weight is 464 g/mol. The lowest BCUT2D eigenvalue weighted by Crippen LogP contribution is -2.60. The Morgan fingerprint density at radius 3 is 2.88 bits per heavy atom. The Hall–Kier alpha value is -2.28. The number of carbonyl (C=O) groups is 1. The van der Waals surface area contributed by atoms with Crippen molar-refractivity contribution >= 4 is 33.0 Å². The molecule has 0 aromatic carbocycles. The summed E-state index contributed by atoms with van der Waals surface area (Å²) in [5.41, 5.74) is 0.350. The first-order valence-corrected chi connectivity index (χ1v) is 12.4. The summed E-state index contributed by atoms with van der Waals surface area (Å²) >= 11 is 0. The van der Waals surface area contributed by atoms with E-state index in [-0.39, 0.29) is 18.5 Å². The van der Waals surface area contributed by atoms with Crippen molar-refractivity contribution in [2.45, 2.75) is 37.3 Å². The number of amides is 1. The van der Waals surface area contributed by atoms with Crippen molar-refractivity contribution in [3.8, 4) is 0 Å². The molecule has 0 bridgehead atoms. The molecule has 1 amide bonds. The van der Waals surface area contributed by atoms with Gasteiger partial charge in [0.25, 0.3) is 10.2 Å². The van der Waals surface area contributed by atoms with Gasteiger partial charge in [-0.2, -0.15) is 17.0 Å². The summed E-state index contributed by atoms with van der Waals surface area (Å²) in [6.07, 6.45) is 6.56. The highest BCUT2D eigenvalue weighted by atomic mass is 32.2. The molecule has 174 valence electrons. The van der Waals surface area contributed by atoms with Crippen molar-refractivity contribution in [2.75, 3.05) is 51.3 Å². The maximum absolute atomic E-state index is 13.5. The number of hydrogen-bond donors (Lipinski definition) is 2. The second-order valence-corrected chi connectivity index (χ2v) is 10.9. The molecule has 32 heavy (non-hydrogen) atoms. The molecule has 3 aliphatic rings. The minimum Gasteiger partial charge on any atom is -0.387 e. The summed E-state index contributed by atoms with van der Waals surface area (Å²) in [4.78, 5) is 27.6. The molecular weight excluding hydrogens is 434 g/mol. The number of likely N-dealkylation sites (tertiary alicyclic amines) is 1. The number of aromatic amines is 1. The van der Waals surface area contributed by atoms with Crippen LogP contribution < -0.4 is 4.90 Å². The Morgan fingerprint density at radius 1 is 1.31 bits per heavy atom. The lowest BCUT2D eigenvalue weighted by atomic mass is 10.2. The summed E-state index contributed by atoms with van der Waals surface area (Å²) in [6, 6.07) is 1.75. The van der Waals surface area contributed by atoms with Crippen LogP contribution in [0.1, 0.15) is 25.7 Å². The van der Waals surface area contributed by atoms with Crippen molar-refractivity contribution in [1.29, 1.82) is 0 Å². The van der Waals surface area contributed by atoms with Gasteiger partial charge in [0.05, 0.1) is 10.9 Å². The molecule has 2 aromatic rings. The summed E-state index contributed by atoms with van der Waals surface area (Å²) in [5.74, 6) is 0.489. The molecule has 4 heterocycles. The number of aliphatic hydroxyl groups is 1. The second-order valence-electron chi connectivity index (χ2n) is 8.98. The van der Waals surface area contributed by atoms with Gasteiger partial charge in [-0.05, 0) is 31.7 Å². The number of likely N-dealkylation sites (N-methyl/N-ethyl adjacent to an activating group) is 1. The van der Waals surface area contributed by atoms with Crippen molar-refractivity contribution in [1.82, 2.24) is 28.5 Å². The third-order valence-corrected chi connectivity index (χ3v) is 9.08. The van der Waals surface area contributed by atoms with E-state index in [1.807, 2.05) is 12.3 Å². The van der Waals surface area contributed by atoms with E-state index in [1.54, 1.807) is 16.3 Å². The average Bonchev–Trinajstić information content (AvgIpc) is 3.18. The molecule has 2 aromatic heterocycles. The number of nitrogens with zero attached hydrogens (tertiary/aromatic N) is 6. The van der Waals surface area contributed by atoms with Crippen LogP contribution in [0.15, 0.2) is 18.6 Å². The van der Waals surface area contributed by atoms with E-state index in [9.17, 15) is 18.3 Å². The van der Waals surface area contributed by atoms with Gasteiger partial charge in [-0.15, -0.1) is 0 Å². The van der Waals surface area contributed by atoms with E-state index in [0.29, 0.717) is 26.2 Å². The molecule has 1 saturated carbocycles. The highest BCUT2D eigenvalue weighted by Crippen LogP contribution is 2.47. The van der Waals surface area contributed by atoms with E-state index >= 15 is 0 Å². The molecule has 2 saturated heterocycles. The predicted molar refractivity (Wildman–Crippen MR) is 118 cm³/mol. The number of piperazine rings is 1. The van der Waals surface area contributed by atoms with Crippen LogP contribution >= 0.6 is 0 Å². The van der Waals surface area contributed by atoms with Gasteiger partial charge in [0.2, 0.25) is 5.91 Å². The van der Waals surface area contributed by atoms with Gasteiger partial charge < -0.3 is 19.9 Å². The van der Waals surface area contributed by atoms with Crippen LogP contribution in [-0.4, -0.2) is 106 Å². The molecule has 5 rings (SSSR count). The fourth-order valence-corrected chi connectivity index (χ4v) is 6.91. The van der Waals surface area contributed by atoms with Gasteiger partial charge in [-0.3, -0.25) is 4.79 Å². The SMILES string of the molecule is CN(C[C@H]1CCCN1C(=O)CO)S(=O)(=O)N1CCN(c2ncnc3[nH]ccc23)CC12CC2. The lowest BCUT2D eigenvalue weighted by molar-refractivity contribution is -0.135. The number of hydrogen-bond acceptors (Lipinski definition) is 7. The van der Waals surface area contributed by atoms with Crippen molar-refractivity contribution < 1.29 is 18.3 Å². The van der Waals surface area contributed by atoms with Gasteiger partial charge in [-0.1, -0.05) is 0 Å². The van der Waals surface area contributed by atoms with Crippen LogP contribution in [0.4, 0.5) is 5.82 Å². The standard InChI is InChI=1S/C20H29N7O4S/c1-24(11-15-3-2-8-26(15)17(29)12-28)32(30,31)27-10-9-25(13-20(27)5-6-20)19-16-4-7-21-18(16)22-14-23-19/h4,7,14-15,28H,2-3,5-6,8-13H2,1H3,(H,21,22,23)/t15-/m1/s1. The molecule has 11 nitrogen and oxygen atoms in total. The van der Waals surface area contributed by atoms with Gasteiger partial charge >= 0.3 is 0 Å². The summed E-state index contributed by atoms with van der Waals surface area (Å²) in [7, 11) is -2.10. The quantitative estimate of drug-likeness (QED) is 0.606. The van der Waals surface area contributed by atoms with E-state index in [2.05, 4.69) is 19.9 Å². The topological polar surface area (TPSA) is 126 Å². The fraction of sp³-hybridized carbons (Fsp3) is 0.650. The largest absolute Gasteiger partial charge is 0.387 e. The molecule has 1 atom stereocenters. The zero-order valence-electron chi connectivity index (χ0n) is 18.1. The first-order valence-electron chi connectivity index (χ1n) is 11.0. The molecule has 0 radical (unpaired) electrons. The number of H-pyrrole nitrogens is 1. The fourth-order valence-electron chi connectivity index (χ4n) is 5.17. The van der Waals surface area contributed by atoms with E-state index in [0.717, 1.165) is 42.5 Å². The van der Waals surface area contributed by atoms with Gasteiger partial charge in [0, 0.05) is 52.0 Å². The highest BCUT2D eigenvalue weighted by molar-refractivity contribution is 7.86. The third-order valence-electron chi connectivity index (χ3n) is 7.02. The number of anilines is 1. The lowest BCUT2D eigenvalue weighted by Gasteiger charge is -2.43. The second kappa shape index (κ2) is 7.94. The normalized spacial score (nSPS) is 23.5. The maximum Gasteiger partial charge on any atom is 0.282 e. The molecule has 1 spiro atoms. The smallest absolute Gasteiger partial charge is 0.282 e. The Kier molecular flexibility index (Phi) is 5.35. The Labute approximate surface area is 187 Å². The number of nitrogens with one attached hydrogen (secondary N) is 1. The Balaban J connectivity index is 1.32. The van der Waals surface area contributed by atoms with Crippen LogP contribution in [-0.2, 0) is 15.0 Å². The van der Waals surface area contributed by atoms with E-state index in [1.165, 1.54) is 10.6 Å². The number of rotatable bonds is 6. The molecular formula is C20H29N7O4S. The molecule has 2 aliphatic heterocycles. The summed E-state index contributed by atoms with van der Waals surface area (Å²) in [6.45, 7) is 1.77. The van der Waals surface area contributed by atoms with Crippen molar-refractivity contribution in [3.05, 3.63) is 18.6 Å². The molecule has 12 heteroatoms. The first kappa shape index (κ1) is 21.6. The molecule has 2 N–H and O–H groups in total. The summed E-state index contributed by atoms with van der Waals surface area (Å²) < 4.78 is 30.1. The Bertz CT molecular complexity index is 1120. The molecule has 3 fully saturated rings. The van der Waals surface area contributed by atoms with Crippen molar-refractivity contribution in [2.24, 2.45) is 0 Å². The van der Waals surface area contributed by atoms with Crippen LogP contribution in [0.2, 0.25) is 0 Å². The number of fused-ring (bicyclic) bond motifs is 1. The maximum atomic E-state index is 13.5. The van der Waals surface area contributed by atoms with Crippen LogP contribution in [0, 0.1) is 0 Å². The number of aromatic nitrogens is 3.